The van der Waals surface area contributed by atoms with Crippen molar-refractivity contribution in [1.29, 1.82) is 0 Å². The number of hydrogen-bond acceptors (Lipinski definition) is 2. The molecule has 3 atom stereocenters. The Labute approximate surface area is 92.5 Å². The minimum atomic E-state index is -0.617. The lowest BCUT2D eigenvalue weighted by Crippen LogP contribution is -2.40. The number of carboxylic acids is 1. The van der Waals surface area contributed by atoms with E-state index in [4.69, 9.17) is 5.11 Å². The van der Waals surface area contributed by atoms with Crippen molar-refractivity contribution >= 4 is 5.97 Å². The number of rotatable bonds is 5. The van der Waals surface area contributed by atoms with Gasteiger partial charge < -0.3 is 10.0 Å². The van der Waals surface area contributed by atoms with Gasteiger partial charge in [0, 0.05) is 12.6 Å². The van der Waals surface area contributed by atoms with Crippen LogP contribution in [0, 0.1) is 11.8 Å². The van der Waals surface area contributed by atoms with Crippen molar-refractivity contribution in [3.05, 3.63) is 0 Å². The first-order valence-corrected chi connectivity index (χ1v) is 5.99. The standard InChI is InChI=1S/C12H23NO2/c1-4-9(2)8-13(3)11-7-5-6-10(11)12(14)15/h9-11H,4-8H2,1-3H3,(H,14,15). The van der Waals surface area contributed by atoms with Gasteiger partial charge in [-0.3, -0.25) is 4.79 Å². The highest BCUT2D eigenvalue weighted by molar-refractivity contribution is 5.71. The molecule has 3 unspecified atom stereocenters. The second-order valence-corrected chi connectivity index (χ2v) is 4.90. The van der Waals surface area contributed by atoms with Crippen LogP contribution in [0.4, 0.5) is 0 Å². The summed E-state index contributed by atoms with van der Waals surface area (Å²) in [5.74, 6) is -0.0994. The van der Waals surface area contributed by atoms with Gasteiger partial charge in [0.05, 0.1) is 5.92 Å². The summed E-state index contributed by atoms with van der Waals surface area (Å²) in [7, 11) is 2.07. The third-order valence-corrected chi connectivity index (χ3v) is 3.66. The molecule has 1 aliphatic carbocycles. The van der Waals surface area contributed by atoms with Crippen LogP contribution in [-0.2, 0) is 4.79 Å². The predicted molar refractivity (Wildman–Crippen MR) is 60.8 cm³/mol. The molecule has 88 valence electrons. The fourth-order valence-corrected chi connectivity index (χ4v) is 2.51. The van der Waals surface area contributed by atoms with Gasteiger partial charge in [0.1, 0.15) is 0 Å². The minimum Gasteiger partial charge on any atom is -0.481 e. The first-order chi connectivity index (χ1) is 7.06. The summed E-state index contributed by atoms with van der Waals surface area (Å²) >= 11 is 0. The van der Waals surface area contributed by atoms with Gasteiger partial charge in [-0.15, -0.1) is 0 Å². The number of nitrogens with zero attached hydrogens (tertiary/aromatic N) is 1. The lowest BCUT2D eigenvalue weighted by Gasteiger charge is -2.29. The summed E-state index contributed by atoms with van der Waals surface area (Å²) in [4.78, 5) is 13.3. The van der Waals surface area contributed by atoms with E-state index in [0.29, 0.717) is 5.92 Å². The summed E-state index contributed by atoms with van der Waals surface area (Å²) < 4.78 is 0. The molecule has 0 aromatic rings. The van der Waals surface area contributed by atoms with Crippen LogP contribution in [0.15, 0.2) is 0 Å². The Hall–Kier alpha value is -0.570. The molecule has 0 radical (unpaired) electrons. The number of carboxylic acid groups (broad SMARTS) is 1. The molecule has 1 rings (SSSR count). The van der Waals surface area contributed by atoms with Crippen molar-refractivity contribution in [3.8, 4) is 0 Å². The fraction of sp³-hybridized carbons (Fsp3) is 0.917. The molecule has 1 fully saturated rings. The van der Waals surface area contributed by atoms with E-state index in [1.54, 1.807) is 0 Å². The van der Waals surface area contributed by atoms with Crippen LogP contribution in [0.25, 0.3) is 0 Å². The molecule has 0 amide bonds. The van der Waals surface area contributed by atoms with E-state index in [1.807, 2.05) is 0 Å². The molecule has 15 heavy (non-hydrogen) atoms. The molecule has 0 aromatic carbocycles. The Kier molecular flexibility index (Phi) is 4.58. The molecule has 0 aliphatic heterocycles. The Morgan fingerprint density at radius 2 is 2.20 bits per heavy atom. The van der Waals surface area contributed by atoms with E-state index in [9.17, 15) is 4.79 Å². The average Bonchev–Trinajstić information content (AvgIpc) is 2.65. The average molecular weight is 213 g/mol. The van der Waals surface area contributed by atoms with Crippen LogP contribution < -0.4 is 0 Å². The van der Waals surface area contributed by atoms with Gasteiger partial charge in [0.2, 0.25) is 0 Å². The predicted octanol–water partition coefficient (Wildman–Crippen LogP) is 2.22. The van der Waals surface area contributed by atoms with E-state index in [0.717, 1.165) is 32.2 Å². The van der Waals surface area contributed by atoms with Crippen molar-refractivity contribution in [2.24, 2.45) is 11.8 Å². The Bertz CT molecular complexity index is 218. The van der Waals surface area contributed by atoms with E-state index < -0.39 is 5.97 Å². The number of carbonyl (C=O) groups is 1. The molecule has 0 heterocycles. The molecule has 0 bridgehead atoms. The molecule has 1 N–H and O–H groups in total. The summed E-state index contributed by atoms with van der Waals surface area (Å²) in [6, 6.07) is 0.261. The van der Waals surface area contributed by atoms with Crippen molar-refractivity contribution in [3.63, 3.8) is 0 Å². The third kappa shape index (κ3) is 3.20. The molecule has 3 nitrogen and oxygen atoms in total. The monoisotopic (exact) mass is 213 g/mol. The van der Waals surface area contributed by atoms with Crippen LogP contribution in [0.3, 0.4) is 0 Å². The van der Waals surface area contributed by atoms with Gasteiger partial charge >= 0.3 is 5.97 Å². The van der Waals surface area contributed by atoms with Crippen molar-refractivity contribution < 1.29 is 9.90 Å². The smallest absolute Gasteiger partial charge is 0.308 e. The molecule has 0 spiro atoms. The van der Waals surface area contributed by atoms with Crippen LogP contribution >= 0.6 is 0 Å². The van der Waals surface area contributed by atoms with E-state index >= 15 is 0 Å². The Morgan fingerprint density at radius 1 is 1.53 bits per heavy atom. The number of hydrogen-bond donors (Lipinski definition) is 1. The van der Waals surface area contributed by atoms with E-state index in [1.165, 1.54) is 0 Å². The minimum absolute atomic E-state index is 0.140. The normalized spacial score (nSPS) is 28.3. The van der Waals surface area contributed by atoms with Crippen LogP contribution in [-0.4, -0.2) is 35.6 Å². The topological polar surface area (TPSA) is 40.5 Å². The van der Waals surface area contributed by atoms with Gasteiger partial charge in [-0.2, -0.15) is 0 Å². The highest BCUT2D eigenvalue weighted by atomic mass is 16.4. The zero-order valence-corrected chi connectivity index (χ0v) is 10.1. The maximum Gasteiger partial charge on any atom is 0.308 e. The van der Waals surface area contributed by atoms with Gasteiger partial charge in [0.25, 0.3) is 0 Å². The van der Waals surface area contributed by atoms with Gasteiger partial charge in [-0.25, -0.2) is 0 Å². The summed E-state index contributed by atoms with van der Waals surface area (Å²) in [5, 5.41) is 9.10. The molecule has 1 aliphatic rings. The molecule has 0 aromatic heterocycles. The zero-order valence-electron chi connectivity index (χ0n) is 10.1. The highest BCUT2D eigenvalue weighted by Crippen LogP contribution is 2.30. The highest BCUT2D eigenvalue weighted by Gasteiger charge is 2.35. The Morgan fingerprint density at radius 3 is 2.73 bits per heavy atom. The summed E-state index contributed by atoms with van der Waals surface area (Å²) in [6.45, 7) is 5.42. The largest absolute Gasteiger partial charge is 0.481 e. The van der Waals surface area contributed by atoms with Gasteiger partial charge in [-0.1, -0.05) is 26.7 Å². The second-order valence-electron chi connectivity index (χ2n) is 4.90. The lowest BCUT2D eigenvalue weighted by molar-refractivity contribution is -0.143. The number of aliphatic carboxylic acids is 1. The quantitative estimate of drug-likeness (QED) is 0.761. The third-order valence-electron chi connectivity index (χ3n) is 3.66. The molecular weight excluding hydrogens is 190 g/mol. The molecule has 3 heteroatoms. The van der Waals surface area contributed by atoms with Crippen molar-refractivity contribution in [1.82, 2.24) is 4.90 Å². The molecule has 1 saturated carbocycles. The van der Waals surface area contributed by atoms with Crippen LogP contribution in [0.1, 0.15) is 39.5 Å². The summed E-state index contributed by atoms with van der Waals surface area (Å²) in [6.07, 6.45) is 4.12. The lowest BCUT2D eigenvalue weighted by atomic mass is 10.0. The van der Waals surface area contributed by atoms with Gasteiger partial charge in [0.15, 0.2) is 0 Å². The zero-order chi connectivity index (χ0) is 11.4. The first kappa shape index (κ1) is 12.5. The van der Waals surface area contributed by atoms with Gasteiger partial charge in [-0.05, 0) is 25.8 Å². The maximum absolute atomic E-state index is 11.0. The SMILES string of the molecule is CCC(C)CN(C)C1CCCC1C(=O)O. The Balaban J connectivity index is 2.50. The maximum atomic E-state index is 11.0. The first-order valence-electron chi connectivity index (χ1n) is 5.99. The molecule has 0 saturated heterocycles. The summed E-state index contributed by atoms with van der Waals surface area (Å²) in [5.41, 5.74) is 0. The van der Waals surface area contributed by atoms with E-state index in [2.05, 4.69) is 25.8 Å². The van der Waals surface area contributed by atoms with Crippen molar-refractivity contribution in [2.75, 3.05) is 13.6 Å². The van der Waals surface area contributed by atoms with Crippen molar-refractivity contribution in [2.45, 2.75) is 45.6 Å². The van der Waals surface area contributed by atoms with E-state index in [-0.39, 0.29) is 12.0 Å². The molecular formula is C12H23NO2. The fourth-order valence-electron chi connectivity index (χ4n) is 2.51. The van der Waals surface area contributed by atoms with Crippen LogP contribution in [0.2, 0.25) is 0 Å². The van der Waals surface area contributed by atoms with Crippen LogP contribution in [0.5, 0.6) is 0 Å². The second kappa shape index (κ2) is 5.50.